The van der Waals surface area contributed by atoms with Gasteiger partial charge in [0.15, 0.2) is 0 Å². The van der Waals surface area contributed by atoms with Gasteiger partial charge >= 0.3 is 5.97 Å². The zero-order valence-electron chi connectivity index (χ0n) is 10.3. The van der Waals surface area contributed by atoms with Gasteiger partial charge in [-0.3, -0.25) is 9.59 Å². The van der Waals surface area contributed by atoms with E-state index in [9.17, 15) is 9.59 Å². The predicted molar refractivity (Wildman–Crippen MR) is 72.1 cm³/mol. The number of hydrogen-bond donors (Lipinski definition) is 3. The Morgan fingerprint density at radius 3 is 2.58 bits per heavy atom. The number of anilines is 1. The van der Waals surface area contributed by atoms with Gasteiger partial charge in [0.1, 0.15) is 0 Å². The monoisotopic (exact) mass is 282 g/mol. The average molecular weight is 283 g/mol. The van der Waals surface area contributed by atoms with Crippen molar-refractivity contribution in [2.75, 3.05) is 12.3 Å². The van der Waals surface area contributed by atoms with Crippen LogP contribution >= 0.6 is 11.6 Å². The van der Waals surface area contributed by atoms with E-state index in [2.05, 4.69) is 5.32 Å². The minimum Gasteiger partial charge on any atom is -0.481 e. The lowest BCUT2D eigenvalue weighted by atomic mass is 9.69. The van der Waals surface area contributed by atoms with Gasteiger partial charge in [-0.1, -0.05) is 18.0 Å². The Morgan fingerprint density at radius 1 is 1.42 bits per heavy atom. The van der Waals surface area contributed by atoms with Crippen LogP contribution in [0.2, 0.25) is 5.02 Å². The SMILES string of the molecule is Nc1cc(C(=O)NCC2(C(=O)O)CCC2)ccc1Cl. The van der Waals surface area contributed by atoms with Crippen LogP contribution in [0.3, 0.4) is 0 Å². The van der Waals surface area contributed by atoms with Crippen molar-refractivity contribution in [2.45, 2.75) is 19.3 Å². The molecule has 102 valence electrons. The molecule has 0 saturated heterocycles. The number of nitrogen functional groups attached to an aromatic ring is 1. The molecule has 5 nitrogen and oxygen atoms in total. The van der Waals surface area contributed by atoms with Gasteiger partial charge < -0.3 is 16.2 Å². The summed E-state index contributed by atoms with van der Waals surface area (Å²) in [5.74, 6) is -1.19. The number of carbonyl (C=O) groups is 2. The molecule has 0 atom stereocenters. The molecule has 0 aliphatic heterocycles. The number of halogens is 1. The van der Waals surface area contributed by atoms with E-state index in [1.54, 1.807) is 12.1 Å². The van der Waals surface area contributed by atoms with E-state index < -0.39 is 11.4 Å². The topological polar surface area (TPSA) is 92.4 Å². The summed E-state index contributed by atoms with van der Waals surface area (Å²) in [5, 5.41) is 12.2. The van der Waals surface area contributed by atoms with E-state index in [0.717, 1.165) is 6.42 Å². The molecule has 19 heavy (non-hydrogen) atoms. The number of nitrogens with two attached hydrogens (primary N) is 1. The molecule has 0 bridgehead atoms. The molecule has 1 aromatic rings. The van der Waals surface area contributed by atoms with Crippen LogP contribution in [0.15, 0.2) is 18.2 Å². The number of carboxylic acids is 1. The number of carboxylic acid groups (broad SMARTS) is 1. The van der Waals surface area contributed by atoms with Crippen molar-refractivity contribution < 1.29 is 14.7 Å². The van der Waals surface area contributed by atoms with E-state index >= 15 is 0 Å². The summed E-state index contributed by atoms with van der Waals surface area (Å²) < 4.78 is 0. The van der Waals surface area contributed by atoms with Gasteiger partial charge in [0.2, 0.25) is 0 Å². The van der Waals surface area contributed by atoms with Crippen molar-refractivity contribution >= 4 is 29.2 Å². The molecule has 2 rings (SSSR count). The lowest BCUT2D eigenvalue weighted by Gasteiger charge is -2.37. The van der Waals surface area contributed by atoms with Crippen molar-refractivity contribution in [1.29, 1.82) is 0 Å². The molecule has 0 unspecified atom stereocenters. The lowest BCUT2D eigenvalue weighted by molar-refractivity contribution is -0.153. The summed E-state index contributed by atoms with van der Waals surface area (Å²) in [7, 11) is 0. The standard InChI is InChI=1S/C13H15ClN2O3/c14-9-3-2-8(6-10(9)15)11(17)16-7-13(12(18)19)4-1-5-13/h2-3,6H,1,4-5,7,15H2,(H,16,17)(H,18,19). The first kappa shape index (κ1) is 13.7. The van der Waals surface area contributed by atoms with Crippen molar-refractivity contribution in [3.8, 4) is 0 Å². The molecule has 0 heterocycles. The number of rotatable bonds is 4. The van der Waals surface area contributed by atoms with E-state index in [1.807, 2.05) is 0 Å². The molecule has 0 radical (unpaired) electrons. The molecule has 1 aromatic carbocycles. The highest BCUT2D eigenvalue weighted by molar-refractivity contribution is 6.33. The van der Waals surface area contributed by atoms with Crippen LogP contribution in [0.1, 0.15) is 29.6 Å². The van der Waals surface area contributed by atoms with Crippen molar-refractivity contribution in [1.82, 2.24) is 5.32 Å². The Labute approximate surface area is 115 Å². The number of amides is 1. The second-order valence-electron chi connectivity index (χ2n) is 4.86. The van der Waals surface area contributed by atoms with Crippen LogP contribution in [0.5, 0.6) is 0 Å². The summed E-state index contributed by atoms with van der Waals surface area (Å²) in [6, 6.07) is 4.58. The van der Waals surface area contributed by atoms with Gasteiger partial charge in [-0.2, -0.15) is 0 Å². The second-order valence-corrected chi connectivity index (χ2v) is 5.27. The Hall–Kier alpha value is -1.75. The maximum Gasteiger partial charge on any atom is 0.311 e. The number of benzene rings is 1. The first-order valence-corrected chi connectivity index (χ1v) is 6.39. The van der Waals surface area contributed by atoms with E-state index in [4.69, 9.17) is 22.4 Å². The van der Waals surface area contributed by atoms with E-state index in [-0.39, 0.29) is 12.5 Å². The zero-order valence-corrected chi connectivity index (χ0v) is 11.0. The van der Waals surface area contributed by atoms with Gasteiger partial charge in [0.25, 0.3) is 5.91 Å². The number of hydrogen-bond acceptors (Lipinski definition) is 3. The first-order valence-electron chi connectivity index (χ1n) is 6.01. The van der Waals surface area contributed by atoms with Crippen molar-refractivity contribution in [3.63, 3.8) is 0 Å². The zero-order chi connectivity index (χ0) is 14.0. The summed E-state index contributed by atoms with van der Waals surface area (Å²) in [5.41, 5.74) is 5.52. The molecule has 1 aliphatic carbocycles. The summed E-state index contributed by atoms with van der Waals surface area (Å²) >= 11 is 5.77. The fraction of sp³-hybridized carbons (Fsp3) is 0.385. The average Bonchev–Trinajstić information content (AvgIpc) is 2.30. The summed E-state index contributed by atoms with van der Waals surface area (Å²) in [6.07, 6.45) is 2.09. The van der Waals surface area contributed by atoms with Crippen molar-refractivity contribution in [2.24, 2.45) is 5.41 Å². The van der Waals surface area contributed by atoms with Gasteiger partial charge in [-0.05, 0) is 31.0 Å². The lowest BCUT2D eigenvalue weighted by Crippen LogP contribution is -2.47. The molecular formula is C13H15ClN2O3. The molecule has 1 amide bonds. The molecular weight excluding hydrogens is 268 g/mol. The maximum atomic E-state index is 11.9. The molecule has 0 aromatic heterocycles. The Bertz CT molecular complexity index is 527. The Balaban J connectivity index is 2.01. The smallest absolute Gasteiger partial charge is 0.311 e. The highest BCUT2D eigenvalue weighted by atomic mass is 35.5. The van der Waals surface area contributed by atoms with Gasteiger partial charge in [-0.25, -0.2) is 0 Å². The third-order valence-corrected chi connectivity index (χ3v) is 3.95. The third kappa shape index (κ3) is 2.66. The maximum absolute atomic E-state index is 11.9. The second kappa shape index (κ2) is 5.09. The predicted octanol–water partition coefficient (Wildman–Crippen LogP) is 1.91. The number of nitrogens with one attached hydrogen (secondary N) is 1. The first-order chi connectivity index (χ1) is 8.94. The van der Waals surface area contributed by atoms with Crippen LogP contribution in [0.4, 0.5) is 5.69 Å². The van der Waals surface area contributed by atoms with Gasteiger partial charge in [-0.15, -0.1) is 0 Å². The van der Waals surface area contributed by atoms with E-state index in [0.29, 0.717) is 29.1 Å². The van der Waals surface area contributed by atoms with Crippen molar-refractivity contribution in [3.05, 3.63) is 28.8 Å². The molecule has 1 aliphatic rings. The molecule has 6 heteroatoms. The van der Waals surface area contributed by atoms with E-state index in [1.165, 1.54) is 6.07 Å². The number of carbonyl (C=O) groups excluding carboxylic acids is 1. The molecule has 1 fully saturated rings. The Morgan fingerprint density at radius 2 is 2.11 bits per heavy atom. The molecule has 4 N–H and O–H groups in total. The molecule has 0 spiro atoms. The summed E-state index contributed by atoms with van der Waals surface area (Å²) in [6.45, 7) is 0.143. The van der Waals surface area contributed by atoms with Gasteiger partial charge in [0, 0.05) is 12.1 Å². The highest BCUT2D eigenvalue weighted by Gasteiger charge is 2.44. The minimum absolute atomic E-state index is 0.143. The van der Waals surface area contributed by atoms with Crippen LogP contribution in [0.25, 0.3) is 0 Å². The van der Waals surface area contributed by atoms with Gasteiger partial charge in [0.05, 0.1) is 16.1 Å². The quantitative estimate of drug-likeness (QED) is 0.736. The van der Waals surface area contributed by atoms with Crippen LogP contribution in [-0.4, -0.2) is 23.5 Å². The van der Waals surface area contributed by atoms with Crippen LogP contribution in [-0.2, 0) is 4.79 Å². The fourth-order valence-corrected chi connectivity index (χ4v) is 2.22. The Kier molecular flexibility index (Phi) is 3.66. The third-order valence-electron chi connectivity index (χ3n) is 3.61. The largest absolute Gasteiger partial charge is 0.481 e. The van der Waals surface area contributed by atoms with Crippen LogP contribution in [0, 0.1) is 5.41 Å². The van der Waals surface area contributed by atoms with Crippen LogP contribution < -0.4 is 11.1 Å². The molecule has 1 saturated carbocycles. The highest BCUT2D eigenvalue weighted by Crippen LogP contribution is 2.40. The number of aliphatic carboxylic acids is 1. The fourth-order valence-electron chi connectivity index (χ4n) is 2.11. The summed E-state index contributed by atoms with van der Waals surface area (Å²) in [4.78, 5) is 23.1. The normalized spacial score (nSPS) is 16.5. The minimum atomic E-state index is -0.852.